The van der Waals surface area contributed by atoms with Gasteiger partial charge in [0.05, 0.1) is 12.8 Å². The summed E-state index contributed by atoms with van der Waals surface area (Å²) < 4.78 is 5.46. The molecule has 0 aliphatic heterocycles. The van der Waals surface area contributed by atoms with Gasteiger partial charge in [0.1, 0.15) is 23.7 Å². The Balaban J connectivity index is 1.92. The predicted molar refractivity (Wildman–Crippen MR) is 74.2 cm³/mol. The standard InChI is InChI=1S/C14H18N4O/c1-10-13(15-2)16-9-17-14(10)18(11-5-6-11)8-12-4-3-7-19-12/h3-4,7,9,11H,5-6,8H2,1-2H3,(H,15,16,17). The summed E-state index contributed by atoms with van der Waals surface area (Å²) in [4.78, 5) is 11.0. The SMILES string of the molecule is CNc1ncnc(N(Cc2ccco2)C2CC2)c1C. The fourth-order valence-electron chi connectivity index (χ4n) is 2.32. The summed E-state index contributed by atoms with van der Waals surface area (Å²) in [6.45, 7) is 2.82. The van der Waals surface area contributed by atoms with E-state index in [-0.39, 0.29) is 0 Å². The van der Waals surface area contributed by atoms with Gasteiger partial charge in [-0.2, -0.15) is 0 Å². The summed E-state index contributed by atoms with van der Waals surface area (Å²) in [5.41, 5.74) is 1.09. The molecule has 0 amide bonds. The van der Waals surface area contributed by atoms with Crippen LogP contribution in [-0.2, 0) is 6.54 Å². The van der Waals surface area contributed by atoms with Crippen LogP contribution in [0.4, 0.5) is 11.6 Å². The summed E-state index contributed by atoms with van der Waals surface area (Å²) >= 11 is 0. The van der Waals surface area contributed by atoms with E-state index in [2.05, 4.69) is 27.1 Å². The van der Waals surface area contributed by atoms with E-state index in [1.165, 1.54) is 12.8 Å². The Morgan fingerprint density at radius 2 is 2.26 bits per heavy atom. The first kappa shape index (κ1) is 12.0. The van der Waals surface area contributed by atoms with Crippen LogP contribution >= 0.6 is 0 Å². The van der Waals surface area contributed by atoms with Gasteiger partial charge in [-0.15, -0.1) is 0 Å². The molecule has 2 aromatic heterocycles. The summed E-state index contributed by atoms with van der Waals surface area (Å²) in [6, 6.07) is 4.50. The van der Waals surface area contributed by atoms with Gasteiger partial charge in [-0.05, 0) is 31.9 Å². The third-order valence-corrected chi connectivity index (χ3v) is 3.46. The molecule has 100 valence electrons. The number of nitrogens with zero attached hydrogens (tertiary/aromatic N) is 3. The zero-order valence-corrected chi connectivity index (χ0v) is 11.3. The van der Waals surface area contributed by atoms with E-state index in [9.17, 15) is 0 Å². The van der Waals surface area contributed by atoms with Crippen LogP contribution in [0.15, 0.2) is 29.1 Å². The Hall–Kier alpha value is -2.04. The van der Waals surface area contributed by atoms with Crippen LogP contribution in [0.25, 0.3) is 0 Å². The third kappa shape index (κ3) is 2.41. The molecule has 5 nitrogen and oxygen atoms in total. The molecule has 1 aliphatic rings. The molecule has 0 atom stereocenters. The molecule has 1 saturated carbocycles. The number of hydrogen-bond donors (Lipinski definition) is 1. The fraction of sp³-hybridized carbons (Fsp3) is 0.429. The second-order valence-corrected chi connectivity index (χ2v) is 4.86. The third-order valence-electron chi connectivity index (χ3n) is 3.46. The van der Waals surface area contributed by atoms with Crippen molar-refractivity contribution >= 4 is 11.6 Å². The average Bonchev–Trinajstić information content (AvgIpc) is 3.14. The summed E-state index contributed by atoms with van der Waals surface area (Å²) in [5, 5.41) is 3.11. The molecule has 2 heterocycles. The van der Waals surface area contributed by atoms with Gasteiger partial charge in [0, 0.05) is 18.7 Å². The topological polar surface area (TPSA) is 54.2 Å². The molecule has 1 aliphatic carbocycles. The molecule has 19 heavy (non-hydrogen) atoms. The van der Waals surface area contributed by atoms with E-state index in [1.54, 1.807) is 12.6 Å². The van der Waals surface area contributed by atoms with Gasteiger partial charge in [0.2, 0.25) is 0 Å². The van der Waals surface area contributed by atoms with Crippen molar-refractivity contribution < 1.29 is 4.42 Å². The van der Waals surface area contributed by atoms with E-state index < -0.39 is 0 Å². The Bertz CT molecular complexity index is 549. The molecule has 0 unspecified atom stereocenters. The molecule has 0 saturated heterocycles. The first-order chi connectivity index (χ1) is 9.29. The molecule has 0 spiro atoms. The van der Waals surface area contributed by atoms with Crippen LogP contribution in [0.1, 0.15) is 24.2 Å². The predicted octanol–water partition coefficient (Wildman–Crippen LogP) is 2.59. The Kier molecular flexibility index (Phi) is 3.11. The van der Waals surface area contributed by atoms with Gasteiger partial charge in [-0.1, -0.05) is 0 Å². The summed E-state index contributed by atoms with van der Waals surface area (Å²) in [6.07, 6.45) is 5.77. The molecule has 1 N–H and O–H groups in total. The summed E-state index contributed by atoms with van der Waals surface area (Å²) in [7, 11) is 1.88. The second-order valence-electron chi connectivity index (χ2n) is 4.86. The second kappa shape index (κ2) is 4.91. The smallest absolute Gasteiger partial charge is 0.137 e. The van der Waals surface area contributed by atoms with E-state index >= 15 is 0 Å². The number of anilines is 2. The maximum atomic E-state index is 5.46. The highest BCUT2D eigenvalue weighted by molar-refractivity contribution is 5.58. The maximum absolute atomic E-state index is 5.46. The van der Waals surface area contributed by atoms with Gasteiger partial charge in [0.25, 0.3) is 0 Å². The fourth-order valence-corrected chi connectivity index (χ4v) is 2.32. The van der Waals surface area contributed by atoms with Crippen molar-refractivity contribution in [3.05, 3.63) is 36.0 Å². The van der Waals surface area contributed by atoms with Crippen LogP contribution in [-0.4, -0.2) is 23.1 Å². The first-order valence-electron chi connectivity index (χ1n) is 6.58. The normalized spacial score (nSPS) is 14.4. The van der Waals surface area contributed by atoms with Crippen molar-refractivity contribution in [1.29, 1.82) is 0 Å². The van der Waals surface area contributed by atoms with Crippen molar-refractivity contribution in [3.8, 4) is 0 Å². The largest absolute Gasteiger partial charge is 0.467 e. The zero-order valence-electron chi connectivity index (χ0n) is 11.3. The quantitative estimate of drug-likeness (QED) is 0.893. The molecule has 2 aromatic rings. The van der Waals surface area contributed by atoms with Crippen LogP contribution in [0.3, 0.4) is 0 Å². The van der Waals surface area contributed by atoms with E-state index in [0.717, 1.165) is 29.5 Å². The minimum absolute atomic E-state index is 0.573. The Labute approximate surface area is 112 Å². The summed E-state index contributed by atoms with van der Waals surface area (Å²) in [5.74, 6) is 2.85. The van der Waals surface area contributed by atoms with Gasteiger partial charge >= 0.3 is 0 Å². The van der Waals surface area contributed by atoms with Gasteiger partial charge in [-0.3, -0.25) is 0 Å². The molecule has 1 fully saturated rings. The molecule has 0 radical (unpaired) electrons. The van der Waals surface area contributed by atoms with E-state index in [4.69, 9.17) is 4.42 Å². The lowest BCUT2D eigenvalue weighted by molar-refractivity contribution is 0.500. The highest BCUT2D eigenvalue weighted by Crippen LogP contribution is 2.34. The minimum atomic E-state index is 0.573. The van der Waals surface area contributed by atoms with Gasteiger partial charge in [-0.25, -0.2) is 9.97 Å². The zero-order chi connectivity index (χ0) is 13.2. The Morgan fingerprint density at radius 3 is 2.89 bits per heavy atom. The number of rotatable bonds is 5. The molecular formula is C14H18N4O. The number of aromatic nitrogens is 2. The lowest BCUT2D eigenvalue weighted by Gasteiger charge is -2.24. The number of hydrogen-bond acceptors (Lipinski definition) is 5. The number of nitrogens with one attached hydrogen (secondary N) is 1. The van der Waals surface area contributed by atoms with E-state index in [0.29, 0.717) is 6.04 Å². The van der Waals surface area contributed by atoms with Crippen molar-refractivity contribution in [3.63, 3.8) is 0 Å². The van der Waals surface area contributed by atoms with Crippen LogP contribution in [0.2, 0.25) is 0 Å². The lowest BCUT2D eigenvalue weighted by atomic mass is 10.2. The van der Waals surface area contributed by atoms with E-state index in [1.807, 2.05) is 19.2 Å². The number of furan rings is 1. The lowest BCUT2D eigenvalue weighted by Crippen LogP contribution is -2.27. The molecule has 0 bridgehead atoms. The van der Waals surface area contributed by atoms with Gasteiger partial charge in [0.15, 0.2) is 0 Å². The monoisotopic (exact) mass is 258 g/mol. The highest BCUT2D eigenvalue weighted by Gasteiger charge is 2.31. The maximum Gasteiger partial charge on any atom is 0.137 e. The molecule has 3 rings (SSSR count). The van der Waals surface area contributed by atoms with Crippen molar-refractivity contribution in [1.82, 2.24) is 9.97 Å². The van der Waals surface area contributed by atoms with Crippen LogP contribution in [0.5, 0.6) is 0 Å². The highest BCUT2D eigenvalue weighted by atomic mass is 16.3. The van der Waals surface area contributed by atoms with Crippen molar-refractivity contribution in [2.75, 3.05) is 17.3 Å². The molecular weight excluding hydrogens is 240 g/mol. The minimum Gasteiger partial charge on any atom is -0.467 e. The van der Waals surface area contributed by atoms with Crippen LogP contribution < -0.4 is 10.2 Å². The molecule has 0 aromatic carbocycles. The van der Waals surface area contributed by atoms with Crippen molar-refractivity contribution in [2.24, 2.45) is 0 Å². The van der Waals surface area contributed by atoms with Gasteiger partial charge < -0.3 is 14.6 Å². The molecule has 5 heteroatoms. The first-order valence-corrected chi connectivity index (χ1v) is 6.58. The van der Waals surface area contributed by atoms with Crippen LogP contribution in [0, 0.1) is 6.92 Å². The Morgan fingerprint density at radius 1 is 1.42 bits per heavy atom. The average molecular weight is 258 g/mol. The van der Waals surface area contributed by atoms with Crippen molar-refractivity contribution in [2.45, 2.75) is 32.4 Å².